The molecule has 1 spiro atoms. The van der Waals surface area contributed by atoms with E-state index in [1.165, 1.54) is 11.0 Å². The van der Waals surface area contributed by atoms with Crippen molar-refractivity contribution in [2.45, 2.75) is 12.5 Å². The Morgan fingerprint density at radius 3 is 2.30 bits per heavy atom. The number of hydrogen-bond acceptors (Lipinski definition) is 5. The average molecular weight is 363 g/mol. The summed E-state index contributed by atoms with van der Waals surface area (Å²) >= 11 is 0. The van der Waals surface area contributed by atoms with Crippen LogP contribution in [-0.2, 0) is 19.1 Å². The van der Waals surface area contributed by atoms with Crippen LogP contribution in [0, 0.1) is 6.92 Å². The lowest BCUT2D eigenvalue weighted by atomic mass is 9.87. The largest absolute Gasteiger partial charge is 0.497 e. The number of carbonyl (C=O) groups is 3. The summed E-state index contributed by atoms with van der Waals surface area (Å²) in [6, 6.07) is 14.1. The smallest absolute Gasteiger partial charge is 0.333 e. The third-order valence-electron chi connectivity index (χ3n) is 4.88. The monoisotopic (exact) mass is 363 g/mol. The van der Waals surface area contributed by atoms with Crippen LogP contribution in [-0.4, -0.2) is 36.9 Å². The molecule has 0 bridgehead atoms. The van der Waals surface area contributed by atoms with E-state index in [-0.39, 0.29) is 12.1 Å². The van der Waals surface area contributed by atoms with Crippen molar-refractivity contribution >= 4 is 28.9 Å². The summed E-state index contributed by atoms with van der Waals surface area (Å²) in [4.78, 5) is 39.5. The Bertz CT molecular complexity index is 975. The number of ketones is 1. The Morgan fingerprint density at radius 1 is 1.00 bits per heavy atom. The maximum absolute atomic E-state index is 13.2. The van der Waals surface area contributed by atoms with E-state index in [9.17, 15) is 14.4 Å². The van der Waals surface area contributed by atoms with Gasteiger partial charge in [0, 0.05) is 17.3 Å². The highest BCUT2D eigenvalue weighted by Gasteiger charge is 2.62. The molecule has 0 aliphatic carbocycles. The number of methoxy groups -OCH3 is 1. The lowest BCUT2D eigenvalue weighted by Crippen LogP contribution is -2.45. The maximum Gasteiger partial charge on any atom is 0.333 e. The number of hydrogen-bond donors (Lipinski definition) is 0. The van der Waals surface area contributed by atoms with Crippen LogP contribution in [0.25, 0.3) is 5.57 Å². The number of esters is 1. The Morgan fingerprint density at radius 2 is 1.67 bits per heavy atom. The van der Waals surface area contributed by atoms with Crippen LogP contribution in [0.2, 0.25) is 0 Å². The molecule has 1 saturated heterocycles. The van der Waals surface area contributed by atoms with Gasteiger partial charge in [0.05, 0.1) is 13.7 Å². The standard InChI is InChI=1S/C21H17NO5/c1-13-3-7-15(8-4-13)22-12-18(23)21(20(22)25)17(11-19(24)27-21)14-5-9-16(26-2)10-6-14/h3-11H,12H2,1-2H3. The van der Waals surface area contributed by atoms with Crippen LogP contribution in [0.3, 0.4) is 0 Å². The van der Waals surface area contributed by atoms with E-state index in [0.717, 1.165) is 5.56 Å². The van der Waals surface area contributed by atoms with Gasteiger partial charge in [0.25, 0.3) is 11.5 Å². The van der Waals surface area contributed by atoms with Crippen LogP contribution < -0.4 is 9.64 Å². The minimum atomic E-state index is -1.92. The van der Waals surface area contributed by atoms with Crippen molar-refractivity contribution in [2.75, 3.05) is 18.6 Å². The second-order valence-corrected chi connectivity index (χ2v) is 6.54. The molecule has 27 heavy (non-hydrogen) atoms. The van der Waals surface area contributed by atoms with Crippen molar-refractivity contribution in [1.29, 1.82) is 0 Å². The number of carbonyl (C=O) groups excluding carboxylic acids is 3. The number of nitrogens with zero attached hydrogens (tertiary/aromatic N) is 1. The number of benzene rings is 2. The Labute approximate surface area is 156 Å². The Balaban J connectivity index is 1.77. The van der Waals surface area contributed by atoms with Crippen molar-refractivity contribution < 1.29 is 23.9 Å². The van der Waals surface area contributed by atoms with Gasteiger partial charge in [0.2, 0.25) is 5.78 Å². The van der Waals surface area contributed by atoms with Crippen LogP contribution in [0.5, 0.6) is 5.75 Å². The van der Waals surface area contributed by atoms with Crippen molar-refractivity contribution in [3.8, 4) is 5.75 Å². The number of amides is 1. The minimum absolute atomic E-state index is 0.150. The van der Waals surface area contributed by atoms with Gasteiger partial charge in [-0.3, -0.25) is 9.59 Å². The van der Waals surface area contributed by atoms with E-state index in [2.05, 4.69) is 0 Å². The Hall–Kier alpha value is -3.41. The Kier molecular flexibility index (Phi) is 3.84. The maximum atomic E-state index is 13.2. The highest BCUT2D eigenvalue weighted by molar-refractivity contribution is 6.34. The van der Waals surface area contributed by atoms with E-state index < -0.39 is 23.3 Å². The molecule has 136 valence electrons. The quantitative estimate of drug-likeness (QED) is 0.618. The molecule has 6 nitrogen and oxygen atoms in total. The van der Waals surface area contributed by atoms with Gasteiger partial charge in [0.15, 0.2) is 0 Å². The molecule has 1 fully saturated rings. The van der Waals surface area contributed by atoms with Crippen LogP contribution in [0.15, 0.2) is 54.6 Å². The predicted molar refractivity (Wildman–Crippen MR) is 98.3 cm³/mol. The molecular formula is C21H17NO5. The highest BCUT2D eigenvalue weighted by Crippen LogP contribution is 2.43. The second kappa shape index (κ2) is 6.09. The number of Topliss-reactive ketones (excluding diaryl/α,β-unsaturated/α-hetero) is 1. The zero-order chi connectivity index (χ0) is 19.2. The number of ether oxygens (including phenoxy) is 2. The van der Waals surface area contributed by atoms with Crippen molar-refractivity contribution in [1.82, 2.24) is 0 Å². The predicted octanol–water partition coefficient (Wildman–Crippen LogP) is 2.30. The molecule has 2 aliphatic heterocycles. The third-order valence-corrected chi connectivity index (χ3v) is 4.88. The van der Waals surface area contributed by atoms with Gasteiger partial charge in [0.1, 0.15) is 5.75 Å². The lowest BCUT2D eigenvalue weighted by Gasteiger charge is -2.24. The molecule has 1 amide bonds. The van der Waals surface area contributed by atoms with Crippen LogP contribution in [0.4, 0.5) is 5.69 Å². The SMILES string of the molecule is COc1ccc(C2=CC(=O)OC23C(=O)CN(c2ccc(C)cc2)C3=O)cc1. The zero-order valence-electron chi connectivity index (χ0n) is 14.9. The summed E-state index contributed by atoms with van der Waals surface area (Å²) in [7, 11) is 1.54. The number of rotatable bonds is 3. The first-order chi connectivity index (χ1) is 13.0. The van der Waals surface area contributed by atoms with E-state index >= 15 is 0 Å². The number of aryl methyl sites for hydroxylation is 1. The molecule has 6 heteroatoms. The van der Waals surface area contributed by atoms with Gasteiger partial charge < -0.3 is 14.4 Å². The van der Waals surface area contributed by atoms with E-state index in [1.54, 1.807) is 43.5 Å². The molecule has 2 aromatic carbocycles. The van der Waals surface area contributed by atoms with E-state index in [0.29, 0.717) is 17.0 Å². The summed E-state index contributed by atoms with van der Waals surface area (Å²) in [6.45, 7) is 1.79. The molecular weight excluding hydrogens is 346 g/mol. The average Bonchev–Trinajstić information content (AvgIpc) is 3.15. The summed E-state index contributed by atoms with van der Waals surface area (Å²) < 4.78 is 10.5. The number of anilines is 1. The molecule has 0 N–H and O–H groups in total. The molecule has 4 rings (SSSR count). The first kappa shape index (κ1) is 17.0. The van der Waals surface area contributed by atoms with E-state index in [4.69, 9.17) is 9.47 Å². The first-order valence-electron chi connectivity index (χ1n) is 8.47. The molecule has 2 aromatic rings. The fourth-order valence-corrected chi connectivity index (χ4v) is 3.45. The second-order valence-electron chi connectivity index (χ2n) is 6.54. The zero-order valence-corrected chi connectivity index (χ0v) is 14.9. The molecule has 0 saturated carbocycles. The van der Waals surface area contributed by atoms with E-state index in [1.807, 2.05) is 19.1 Å². The van der Waals surface area contributed by atoms with Gasteiger partial charge in [-0.15, -0.1) is 0 Å². The molecule has 0 aromatic heterocycles. The van der Waals surface area contributed by atoms with Gasteiger partial charge in [-0.25, -0.2) is 4.79 Å². The fraction of sp³-hybridized carbons (Fsp3) is 0.190. The fourth-order valence-electron chi connectivity index (χ4n) is 3.45. The minimum Gasteiger partial charge on any atom is -0.497 e. The molecule has 2 heterocycles. The highest BCUT2D eigenvalue weighted by atomic mass is 16.6. The van der Waals surface area contributed by atoms with Gasteiger partial charge in [-0.05, 0) is 36.8 Å². The van der Waals surface area contributed by atoms with Crippen molar-refractivity contribution in [3.63, 3.8) is 0 Å². The molecule has 1 atom stereocenters. The topological polar surface area (TPSA) is 72.9 Å². The van der Waals surface area contributed by atoms with Crippen LogP contribution in [0.1, 0.15) is 11.1 Å². The molecule has 1 unspecified atom stereocenters. The summed E-state index contributed by atoms with van der Waals surface area (Å²) in [5.74, 6) is -1.08. The van der Waals surface area contributed by atoms with Gasteiger partial charge in [-0.1, -0.05) is 29.8 Å². The molecule has 2 aliphatic rings. The summed E-state index contributed by atoms with van der Waals surface area (Å²) in [5, 5.41) is 0. The lowest BCUT2D eigenvalue weighted by molar-refractivity contribution is -0.157. The normalized spacial score (nSPS) is 21.6. The van der Waals surface area contributed by atoms with Crippen molar-refractivity contribution in [3.05, 3.63) is 65.7 Å². The van der Waals surface area contributed by atoms with Crippen LogP contribution >= 0.6 is 0 Å². The van der Waals surface area contributed by atoms with Gasteiger partial charge in [-0.2, -0.15) is 0 Å². The summed E-state index contributed by atoms with van der Waals surface area (Å²) in [6.07, 6.45) is 1.22. The van der Waals surface area contributed by atoms with Crippen molar-refractivity contribution in [2.24, 2.45) is 0 Å². The third kappa shape index (κ3) is 2.52. The first-order valence-corrected chi connectivity index (χ1v) is 8.47. The van der Waals surface area contributed by atoms with Gasteiger partial charge >= 0.3 is 5.97 Å². The molecule has 0 radical (unpaired) electrons. The summed E-state index contributed by atoms with van der Waals surface area (Å²) in [5.41, 5.74) is 0.538.